The first-order valence-corrected chi connectivity index (χ1v) is 7.04. The zero-order valence-corrected chi connectivity index (χ0v) is 12.8. The second-order valence-electron chi connectivity index (χ2n) is 4.87. The topological polar surface area (TPSA) is 72.0 Å². The fourth-order valence-corrected chi connectivity index (χ4v) is 1.98. The van der Waals surface area contributed by atoms with Crippen molar-refractivity contribution in [3.05, 3.63) is 29.8 Å². The highest BCUT2D eigenvalue weighted by molar-refractivity contribution is 5.60. The van der Waals surface area contributed by atoms with Crippen LogP contribution < -0.4 is 15.4 Å². The lowest BCUT2D eigenvalue weighted by Gasteiger charge is -2.14. The number of rotatable bonds is 6. The molecule has 6 nitrogen and oxygen atoms in total. The van der Waals surface area contributed by atoms with Crippen molar-refractivity contribution >= 4 is 17.6 Å². The number of anilines is 3. The second-order valence-corrected chi connectivity index (χ2v) is 4.87. The molecule has 2 aromatic rings. The first kappa shape index (κ1) is 15.0. The molecule has 1 heterocycles. The van der Waals surface area contributed by atoms with E-state index in [9.17, 15) is 0 Å². The molecule has 1 aromatic carbocycles. The fraction of sp³-hybridized carbons (Fsp3) is 0.400. The molecule has 0 fully saturated rings. The molecule has 0 aliphatic carbocycles. The van der Waals surface area contributed by atoms with Crippen molar-refractivity contribution in [2.24, 2.45) is 0 Å². The highest BCUT2D eigenvalue weighted by atomic mass is 16.5. The first-order chi connectivity index (χ1) is 10.1. The highest BCUT2D eigenvalue weighted by Gasteiger charge is 2.10. The monoisotopic (exact) mass is 287 g/mol. The Morgan fingerprint density at radius 3 is 2.48 bits per heavy atom. The average molecular weight is 287 g/mol. The number of benzene rings is 1. The van der Waals surface area contributed by atoms with Gasteiger partial charge in [-0.15, -0.1) is 0 Å². The number of hydrogen-bond acceptors (Lipinski definition) is 6. The minimum Gasteiger partial charge on any atom is -0.467 e. The smallest absolute Gasteiger partial charge is 0.322 e. The summed E-state index contributed by atoms with van der Waals surface area (Å²) in [6.45, 7) is 7.02. The van der Waals surface area contributed by atoms with Gasteiger partial charge in [-0.05, 0) is 24.5 Å². The maximum atomic E-state index is 5.12. The second kappa shape index (κ2) is 6.88. The van der Waals surface area contributed by atoms with Gasteiger partial charge in [0.2, 0.25) is 11.9 Å². The maximum Gasteiger partial charge on any atom is 0.322 e. The van der Waals surface area contributed by atoms with E-state index in [1.807, 2.05) is 25.1 Å². The van der Waals surface area contributed by atoms with E-state index in [0.717, 1.165) is 12.2 Å². The lowest BCUT2D eigenvalue weighted by molar-refractivity contribution is 0.379. The van der Waals surface area contributed by atoms with Gasteiger partial charge in [0.1, 0.15) is 0 Å². The molecular weight excluding hydrogens is 266 g/mol. The molecule has 0 amide bonds. The average Bonchev–Trinajstić information content (AvgIpc) is 2.47. The number of hydrogen-bond donors (Lipinski definition) is 2. The molecule has 0 atom stereocenters. The first-order valence-electron chi connectivity index (χ1n) is 7.04. The van der Waals surface area contributed by atoms with Crippen molar-refractivity contribution < 1.29 is 4.74 Å². The molecule has 1 aromatic heterocycles. The van der Waals surface area contributed by atoms with Gasteiger partial charge in [0.15, 0.2) is 0 Å². The molecule has 0 unspecified atom stereocenters. The van der Waals surface area contributed by atoms with E-state index in [0.29, 0.717) is 17.8 Å². The molecule has 0 saturated heterocycles. The molecule has 2 N–H and O–H groups in total. The van der Waals surface area contributed by atoms with Crippen LogP contribution in [0.15, 0.2) is 24.3 Å². The number of para-hydroxylation sites is 1. The van der Waals surface area contributed by atoms with Crippen molar-refractivity contribution in [3.8, 4) is 6.01 Å². The van der Waals surface area contributed by atoms with Gasteiger partial charge < -0.3 is 15.4 Å². The standard InChI is InChI=1S/C15H21N5O/c1-5-16-13-18-14(20-15(19-13)21-4)17-12-9-7-6-8-11(12)10(2)3/h6-10H,5H2,1-4H3,(H2,16,17,18,19,20). The SMILES string of the molecule is CCNc1nc(Nc2ccccc2C(C)C)nc(OC)n1. The van der Waals surface area contributed by atoms with Crippen LogP contribution in [0, 0.1) is 0 Å². The highest BCUT2D eigenvalue weighted by Crippen LogP contribution is 2.26. The molecule has 6 heteroatoms. The summed E-state index contributed by atoms with van der Waals surface area (Å²) >= 11 is 0. The summed E-state index contributed by atoms with van der Waals surface area (Å²) in [6, 6.07) is 8.40. The quantitative estimate of drug-likeness (QED) is 0.850. The number of nitrogens with one attached hydrogen (secondary N) is 2. The number of nitrogens with zero attached hydrogens (tertiary/aromatic N) is 3. The Labute approximate surface area is 125 Å². The molecule has 0 bridgehead atoms. The van der Waals surface area contributed by atoms with Gasteiger partial charge in [0, 0.05) is 12.2 Å². The summed E-state index contributed by atoms with van der Waals surface area (Å²) in [7, 11) is 1.54. The predicted molar refractivity (Wildman–Crippen MR) is 84.4 cm³/mol. The molecule has 0 aliphatic heterocycles. The van der Waals surface area contributed by atoms with Crippen LogP contribution in [0.1, 0.15) is 32.3 Å². The van der Waals surface area contributed by atoms with Gasteiger partial charge in [-0.2, -0.15) is 15.0 Å². The molecule has 21 heavy (non-hydrogen) atoms. The molecule has 0 saturated carbocycles. The van der Waals surface area contributed by atoms with Crippen LogP contribution in [0.3, 0.4) is 0 Å². The number of methoxy groups -OCH3 is 1. The van der Waals surface area contributed by atoms with Gasteiger partial charge in [0.05, 0.1) is 7.11 Å². The van der Waals surface area contributed by atoms with Crippen LogP contribution >= 0.6 is 0 Å². The minimum absolute atomic E-state index is 0.283. The zero-order valence-electron chi connectivity index (χ0n) is 12.8. The fourth-order valence-electron chi connectivity index (χ4n) is 1.98. The van der Waals surface area contributed by atoms with Gasteiger partial charge >= 0.3 is 6.01 Å². The Morgan fingerprint density at radius 2 is 1.81 bits per heavy atom. The van der Waals surface area contributed by atoms with E-state index in [1.54, 1.807) is 0 Å². The lowest BCUT2D eigenvalue weighted by atomic mass is 10.0. The molecular formula is C15H21N5O. The van der Waals surface area contributed by atoms with Gasteiger partial charge in [0.25, 0.3) is 0 Å². The zero-order chi connectivity index (χ0) is 15.2. The molecule has 0 radical (unpaired) electrons. The predicted octanol–water partition coefficient (Wildman–Crippen LogP) is 3.18. The number of ether oxygens (including phenoxy) is 1. The molecule has 112 valence electrons. The van der Waals surface area contributed by atoms with Gasteiger partial charge in [-0.3, -0.25) is 0 Å². The third-order valence-corrected chi connectivity index (χ3v) is 2.96. The lowest BCUT2D eigenvalue weighted by Crippen LogP contribution is -2.08. The Bertz CT molecular complexity index is 600. The van der Waals surface area contributed by atoms with Gasteiger partial charge in [-0.25, -0.2) is 0 Å². The third-order valence-electron chi connectivity index (χ3n) is 2.96. The summed E-state index contributed by atoms with van der Waals surface area (Å²) < 4.78 is 5.12. The largest absolute Gasteiger partial charge is 0.467 e. The summed E-state index contributed by atoms with van der Waals surface area (Å²) in [5.41, 5.74) is 2.20. The van der Waals surface area contributed by atoms with Crippen molar-refractivity contribution in [2.45, 2.75) is 26.7 Å². The van der Waals surface area contributed by atoms with E-state index in [1.165, 1.54) is 12.7 Å². The van der Waals surface area contributed by atoms with Crippen molar-refractivity contribution in [1.29, 1.82) is 0 Å². The Hall–Kier alpha value is -2.37. The van der Waals surface area contributed by atoms with E-state index in [4.69, 9.17) is 4.74 Å². The van der Waals surface area contributed by atoms with E-state index in [-0.39, 0.29) is 6.01 Å². The van der Waals surface area contributed by atoms with Crippen molar-refractivity contribution in [3.63, 3.8) is 0 Å². The minimum atomic E-state index is 0.283. The summed E-state index contributed by atoms with van der Waals surface area (Å²) in [6.07, 6.45) is 0. The Balaban J connectivity index is 2.32. The van der Waals surface area contributed by atoms with E-state index >= 15 is 0 Å². The van der Waals surface area contributed by atoms with Crippen LogP contribution in [-0.4, -0.2) is 28.6 Å². The third kappa shape index (κ3) is 3.81. The molecule has 0 aliphatic rings. The van der Waals surface area contributed by atoms with E-state index < -0.39 is 0 Å². The van der Waals surface area contributed by atoms with Crippen LogP contribution in [-0.2, 0) is 0 Å². The molecule has 0 spiro atoms. The molecule has 2 rings (SSSR count). The van der Waals surface area contributed by atoms with Crippen LogP contribution in [0.25, 0.3) is 0 Å². The van der Waals surface area contributed by atoms with Crippen molar-refractivity contribution in [1.82, 2.24) is 15.0 Å². The summed E-state index contributed by atoms with van der Waals surface area (Å²) in [5.74, 6) is 1.37. The van der Waals surface area contributed by atoms with Crippen LogP contribution in [0.4, 0.5) is 17.6 Å². The summed E-state index contributed by atoms with van der Waals surface area (Å²) in [5, 5.41) is 6.31. The normalized spacial score (nSPS) is 10.5. The van der Waals surface area contributed by atoms with Gasteiger partial charge in [-0.1, -0.05) is 32.0 Å². The van der Waals surface area contributed by atoms with Crippen LogP contribution in [0.2, 0.25) is 0 Å². The maximum absolute atomic E-state index is 5.12. The summed E-state index contributed by atoms with van der Waals surface area (Å²) in [4.78, 5) is 12.7. The van der Waals surface area contributed by atoms with Crippen LogP contribution in [0.5, 0.6) is 6.01 Å². The van der Waals surface area contributed by atoms with Crippen molar-refractivity contribution in [2.75, 3.05) is 24.3 Å². The number of aromatic nitrogens is 3. The Kier molecular flexibility index (Phi) is 4.92. The van der Waals surface area contributed by atoms with E-state index in [2.05, 4.69) is 45.5 Å². The Morgan fingerprint density at radius 1 is 1.10 bits per heavy atom.